The minimum absolute atomic E-state index is 0.00245. The van der Waals surface area contributed by atoms with Crippen molar-refractivity contribution in [3.05, 3.63) is 29.3 Å². The van der Waals surface area contributed by atoms with Crippen molar-refractivity contribution in [1.29, 1.82) is 0 Å². The predicted octanol–water partition coefficient (Wildman–Crippen LogP) is 1.85. The molecule has 0 radical (unpaired) electrons. The molecule has 1 N–H and O–H groups in total. The van der Waals surface area contributed by atoms with Gasteiger partial charge in [-0.2, -0.15) is 0 Å². The Morgan fingerprint density at radius 3 is 2.67 bits per heavy atom. The first-order valence-electron chi connectivity index (χ1n) is 7.14. The molecule has 0 unspecified atom stereocenters. The van der Waals surface area contributed by atoms with Crippen molar-refractivity contribution in [2.24, 2.45) is 0 Å². The van der Waals surface area contributed by atoms with Gasteiger partial charge in [-0.1, -0.05) is 6.92 Å². The normalized spacial score (nSPS) is 10.8. The van der Waals surface area contributed by atoms with Gasteiger partial charge in [-0.3, -0.25) is 14.5 Å². The third-order valence-corrected chi connectivity index (χ3v) is 3.10. The minimum Gasteiger partial charge on any atom is -0.496 e. The monoisotopic (exact) mass is 292 g/mol. The van der Waals surface area contributed by atoms with Crippen molar-refractivity contribution >= 4 is 12.2 Å². The van der Waals surface area contributed by atoms with Gasteiger partial charge >= 0.3 is 0 Å². The molecular formula is C16H24N2O3. The number of rotatable bonds is 8. The molecule has 0 fully saturated rings. The Labute approximate surface area is 126 Å². The maximum Gasteiger partial charge on any atom is 0.234 e. The van der Waals surface area contributed by atoms with Crippen molar-refractivity contribution in [1.82, 2.24) is 10.2 Å². The lowest BCUT2D eigenvalue weighted by Gasteiger charge is -2.22. The van der Waals surface area contributed by atoms with E-state index in [0.717, 1.165) is 24.1 Å². The number of ether oxygens (including phenoxy) is 1. The molecule has 116 valence electrons. The minimum atomic E-state index is -0.00245. The zero-order valence-electron chi connectivity index (χ0n) is 13.2. The summed E-state index contributed by atoms with van der Waals surface area (Å²) in [4.78, 5) is 24.7. The summed E-state index contributed by atoms with van der Waals surface area (Å²) in [6, 6.07) is 5.43. The molecule has 0 bridgehead atoms. The molecule has 5 nitrogen and oxygen atoms in total. The van der Waals surface area contributed by atoms with Gasteiger partial charge in [-0.05, 0) is 38.6 Å². The summed E-state index contributed by atoms with van der Waals surface area (Å²) in [5, 5.41) is 2.88. The number of carbonyl (C=O) groups is 2. The van der Waals surface area contributed by atoms with E-state index in [2.05, 4.69) is 5.32 Å². The highest BCUT2D eigenvalue weighted by molar-refractivity contribution is 5.78. The van der Waals surface area contributed by atoms with Crippen molar-refractivity contribution in [3.63, 3.8) is 0 Å². The van der Waals surface area contributed by atoms with E-state index in [-0.39, 0.29) is 11.9 Å². The number of carbonyl (C=O) groups excluding carboxylic acids is 2. The third kappa shape index (κ3) is 5.55. The Balaban J connectivity index is 2.80. The van der Waals surface area contributed by atoms with Crippen LogP contribution in [0.2, 0.25) is 0 Å². The quantitative estimate of drug-likeness (QED) is 0.743. The molecular weight excluding hydrogens is 268 g/mol. The number of hydrogen-bond donors (Lipinski definition) is 1. The van der Waals surface area contributed by atoms with Crippen LogP contribution in [0.25, 0.3) is 0 Å². The second kappa shape index (κ2) is 8.42. The van der Waals surface area contributed by atoms with Crippen LogP contribution in [-0.2, 0) is 11.3 Å². The highest BCUT2D eigenvalue weighted by Gasteiger charge is 2.13. The van der Waals surface area contributed by atoms with Gasteiger partial charge < -0.3 is 10.1 Å². The molecule has 1 rings (SSSR count). The lowest BCUT2D eigenvalue weighted by atomic mass is 10.1. The van der Waals surface area contributed by atoms with E-state index in [1.807, 2.05) is 25.7 Å². The lowest BCUT2D eigenvalue weighted by Crippen LogP contribution is -2.39. The van der Waals surface area contributed by atoms with Gasteiger partial charge in [0.15, 0.2) is 0 Å². The first kappa shape index (κ1) is 17.2. The number of nitrogens with zero attached hydrogens (tertiary/aromatic N) is 1. The van der Waals surface area contributed by atoms with Crippen LogP contribution in [0.5, 0.6) is 5.75 Å². The van der Waals surface area contributed by atoms with Gasteiger partial charge in [-0.15, -0.1) is 0 Å². The highest BCUT2D eigenvalue weighted by Crippen LogP contribution is 2.21. The predicted molar refractivity (Wildman–Crippen MR) is 82.6 cm³/mol. The Bertz CT molecular complexity index is 486. The van der Waals surface area contributed by atoms with E-state index < -0.39 is 0 Å². The number of amides is 1. The molecule has 0 aliphatic heterocycles. The molecule has 0 atom stereocenters. The van der Waals surface area contributed by atoms with E-state index in [1.165, 1.54) is 0 Å². The fourth-order valence-electron chi connectivity index (χ4n) is 2.09. The second-order valence-corrected chi connectivity index (χ2v) is 5.21. The van der Waals surface area contributed by atoms with E-state index in [9.17, 15) is 9.59 Å². The van der Waals surface area contributed by atoms with Crippen LogP contribution < -0.4 is 10.1 Å². The number of aldehydes is 1. The summed E-state index contributed by atoms with van der Waals surface area (Å²) >= 11 is 0. The highest BCUT2D eigenvalue weighted by atomic mass is 16.5. The van der Waals surface area contributed by atoms with Crippen LogP contribution in [0.4, 0.5) is 0 Å². The van der Waals surface area contributed by atoms with Crippen LogP contribution in [0, 0.1) is 0 Å². The summed E-state index contributed by atoms with van der Waals surface area (Å²) in [6.07, 6.45) is 0.810. The van der Waals surface area contributed by atoms with Crippen LogP contribution in [0.15, 0.2) is 18.2 Å². The average molecular weight is 292 g/mol. The molecule has 1 amide bonds. The number of hydrogen-bond acceptors (Lipinski definition) is 4. The number of likely N-dealkylation sites (N-methyl/N-ethyl adjacent to an activating group) is 1. The summed E-state index contributed by atoms with van der Waals surface area (Å²) < 4.78 is 5.32. The summed E-state index contributed by atoms with van der Waals surface area (Å²) in [6.45, 7) is 7.49. The number of methoxy groups -OCH3 is 1. The molecule has 0 spiro atoms. The van der Waals surface area contributed by atoms with Gasteiger partial charge in [0.05, 0.1) is 13.7 Å². The maximum absolute atomic E-state index is 11.9. The summed E-state index contributed by atoms with van der Waals surface area (Å²) in [5.74, 6) is 0.723. The van der Waals surface area contributed by atoms with Crippen LogP contribution in [0.3, 0.4) is 0 Å². The van der Waals surface area contributed by atoms with E-state index in [0.29, 0.717) is 18.7 Å². The Morgan fingerprint density at radius 1 is 1.43 bits per heavy atom. The van der Waals surface area contributed by atoms with Crippen molar-refractivity contribution in [2.45, 2.75) is 33.4 Å². The zero-order chi connectivity index (χ0) is 15.8. The third-order valence-electron chi connectivity index (χ3n) is 3.10. The molecule has 0 saturated heterocycles. The summed E-state index contributed by atoms with van der Waals surface area (Å²) in [5.41, 5.74) is 1.51. The SMILES string of the molecule is CCN(CC(=O)NC(C)C)Cc1cc(C=O)ccc1OC. The average Bonchev–Trinajstić information content (AvgIpc) is 2.45. The molecule has 1 aromatic rings. The summed E-state index contributed by atoms with van der Waals surface area (Å²) in [7, 11) is 1.60. The van der Waals surface area contributed by atoms with E-state index >= 15 is 0 Å². The largest absolute Gasteiger partial charge is 0.496 e. The van der Waals surface area contributed by atoms with Gasteiger partial charge in [0, 0.05) is 23.7 Å². The second-order valence-electron chi connectivity index (χ2n) is 5.21. The molecule has 0 aliphatic rings. The number of benzene rings is 1. The first-order chi connectivity index (χ1) is 9.99. The Hall–Kier alpha value is -1.88. The van der Waals surface area contributed by atoms with Crippen LogP contribution in [0.1, 0.15) is 36.7 Å². The van der Waals surface area contributed by atoms with E-state index in [4.69, 9.17) is 4.74 Å². The van der Waals surface area contributed by atoms with Crippen LogP contribution >= 0.6 is 0 Å². The number of nitrogens with one attached hydrogen (secondary N) is 1. The smallest absolute Gasteiger partial charge is 0.234 e. The lowest BCUT2D eigenvalue weighted by molar-refractivity contribution is -0.122. The van der Waals surface area contributed by atoms with Crippen molar-refractivity contribution in [2.75, 3.05) is 20.2 Å². The standard InChI is InChI=1S/C16H24N2O3/c1-5-18(10-16(20)17-12(2)3)9-14-8-13(11-19)6-7-15(14)21-4/h6-8,11-12H,5,9-10H2,1-4H3,(H,17,20). The molecule has 21 heavy (non-hydrogen) atoms. The topological polar surface area (TPSA) is 58.6 Å². The molecule has 0 heterocycles. The molecule has 1 aromatic carbocycles. The first-order valence-corrected chi connectivity index (χ1v) is 7.14. The van der Waals surface area contributed by atoms with Gasteiger partial charge in [0.2, 0.25) is 5.91 Å². The fraction of sp³-hybridized carbons (Fsp3) is 0.500. The molecule has 0 saturated carbocycles. The Morgan fingerprint density at radius 2 is 2.14 bits per heavy atom. The van der Waals surface area contributed by atoms with Gasteiger partial charge in [-0.25, -0.2) is 0 Å². The fourth-order valence-corrected chi connectivity index (χ4v) is 2.09. The molecule has 0 aliphatic carbocycles. The zero-order valence-corrected chi connectivity index (χ0v) is 13.2. The van der Waals surface area contributed by atoms with Gasteiger partial charge in [0.1, 0.15) is 12.0 Å². The van der Waals surface area contributed by atoms with Crippen molar-refractivity contribution < 1.29 is 14.3 Å². The van der Waals surface area contributed by atoms with Crippen LogP contribution in [-0.4, -0.2) is 43.3 Å². The Kier molecular flexibility index (Phi) is 6.88. The van der Waals surface area contributed by atoms with Crippen molar-refractivity contribution in [3.8, 4) is 5.75 Å². The maximum atomic E-state index is 11.9. The van der Waals surface area contributed by atoms with Gasteiger partial charge in [0.25, 0.3) is 0 Å². The molecule has 0 aromatic heterocycles. The van der Waals surface area contributed by atoms with E-state index in [1.54, 1.807) is 25.3 Å². The molecule has 5 heteroatoms.